The predicted octanol–water partition coefficient (Wildman–Crippen LogP) is 2.62. The van der Waals surface area contributed by atoms with Gasteiger partial charge in [0.25, 0.3) is 5.91 Å². The highest BCUT2D eigenvalue weighted by atomic mass is 16.5. The van der Waals surface area contributed by atoms with Crippen LogP contribution < -0.4 is 15.0 Å². The molecule has 27 heavy (non-hydrogen) atoms. The van der Waals surface area contributed by atoms with E-state index in [4.69, 9.17) is 9.47 Å². The third-order valence-electron chi connectivity index (χ3n) is 4.21. The van der Waals surface area contributed by atoms with Gasteiger partial charge in [0.1, 0.15) is 11.8 Å². The number of anilines is 2. The summed E-state index contributed by atoms with van der Waals surface area (Å²) in [7, 11) is 1.58. The van der Waals surface area contributed by atoms with E-state index in [2.05, 4.69) is 5.32 Å². The minimum Gasteiger partial charge on any atom is -0.497 e. The Labute approximate surface area is 156 Å². The molecule has 140 valence electrons. The molecule has 7 heteroatoms. The van der Waals surface area contributed by atoms with Crippen molar-refractivity contribution in [2.24, 2.45) is 0 Å². The molecule has 0 unspecified atom stereocenters. The van der Waals surface area contributed by atoms with Crippen LogP contribution in [0.2, 0.25) is 0 Å². The van der Waals surface area contributed by atoms with Gasteiger partial charge in [0.05, 0.1) is 31.4 Å². The number of carbonyl (C=O) groups is 3. The van der Waals surface area contributed by atoms with Crippen LogP contribution in [0.3, 0.4) is 0 Å². The fourth-order valence-electron chi connectivity index (χ4n) is 2.87. The van der Waals surface area contributed by atoms with Crippen molar-refractivity contribution in [3.05, 3.63) is 54.1 Å². The maximum Gasteiger partial charge on any atom is 0.338 e. The van der Waals surface area contributed by atoms with E-state index in [1.807, 2.05) is 0 Å². The number of benzene rings is 2. The first-order valence-electron chi connectivity index (χ1n) is 8.58. The molecule has 0 radical (unpaired) electrons. The van der Waals surface area contributed by atoms with E-state index in [1.54, 1.807) is 50.4 Å². The molecule has 7 nitrogen and oxygen atoms in total. The highest BCUT2D eigenvalue weighted by molar-refractivity contribution is 6.23. The number of methoxy groups -OCH3 is 1. The number of rotatable bonds is 6. The van der Waals surface area contributed by atoms with Gasteiger partial charge in [-0.25, -0.2) is 9.69 Å². The van der Waals surface area contributed by atoms with Gasteiger partial charge in [-0.3, -0.25) is 9.59 Å². The third kappa shape index (κ3) is 3.92. The highest BCUT2D eigenvalue weighted by Crippen LogP contribution is 2.26. The lowest BCUT2D eigenvalue weighted by atomic mass is 10.2. The molecule has 3 rings (SSSR count). The molecule has 0 aliphatic carbocycles. The van der Waals surface area contributed by atoms with Gasteiger partial charge >= 0.3 is 5.97 Å². The van der Waals surface area contributed by atoms with Gasteiger partial charge in [-0.2, -0.15) is 0 Å². The molecular weight excluding hydrogens is 348 g/mol. The fraction of sp³-hybridized carbons (Fsp3) is 0.250. The van der Waals surface area contributed by atoms with Crippen LogP contribution in [-0.4, -0.2) is 37.5 Å². The van der Waals surface area contributed by atoms with Crippen molar-refractivity contribution in [3.8, 4) is 5.75 Å². The number of nitrogens with zero attached hydrogens (tertiary/aromatic N) is 1. The number of carbonyl (C=O) groups excluding carboxylic acids is 3. The van der Waals surface area contributed by atoms with Gasteiger partial charge in [-0.15, -0.1) is 0 Å². The second-order valence-corrected chi connectivity index (χ2v) is 5.96. The zero-order valence-corrected chi connectivity index (χ0v) is 15.1. The Hall–Kier alpha value is -3.35. The van der Waals surface area contributed by atoms with Crippen LogP contribution in [0.4, 0.5) is 11.4 Å². The zero-order valence-electron chi connectivity index (χ0n) is 15.1. The lowest BCUT2D eigenvalue weighted by molar-refractivity contribution is -0.121. The molecule has 1 aliphatic heterocycles. The van der Waals surface area contributed by atoms with E-state index >= 15 is 0 Å². The van der Waals surface area contributed by atoms with Crippen LogP contribution in [0.25, 0.3) is 0 Å². The highest BCUT2D eigenvalue weighted by Gasteiger charge is 2.39. The summed E-state index contributed by atoms with van der Waals surface area (Å²) in [5.74, 6) is -0.366. The normalized spacial score (nSPS) is 16.4. The summed E-state index contributed by atoms with van der Waals surface area (Å²) in [5.41, 5.74) is 1.52. The SMILES string of the molecule is CCOC(=O)c1ccc(N2C(=O)C[C@H](Nc3ccc(OC)cc3)C2=O)cc1. The van der Waals surface area contributed by atoms with Crippen LogP contribution in [0.15, 0.2) is 48.5 Å². The third-order valence-corrected chi connectivity index (χ3v) is 4.21. The first-order valence-corrected chi connectivity index (χ1v) is 8.58. The molecule has 0 aromatic heterocycles. The van der Waals surface area contributed by atoms with Crippen LogP contribution in [0, 0.1) is 0 Å². The van der Waals surface area contributed by atoms with Gasteiger partial charge in [0.2, 0.25) is 5.91 Å². The number of amides is 2. The zero-order chi connectivity index (χ0) is 19.4. The van der Waals surface area contributed by atoms with Crippen molar-refractivity contribution in [1.82, 2.24) is 0 Å². The molecule has 2 aromatic carbocycles. The molecule has 1 fully saturated rings. The first kappa shape index (κ1) is 18.4. The smallest absolute Gasteiger partial charge is 0.338 e. The number of imide groups is 1. The molecule has 0 bridgehead atoms. The molecule has 2 aromatic rings. The Balaban J connectivity index is 1.72. The maximum atomic E-state index is 12.7. The first-order chi connectivity index (χ1) is 13.0. The fourth-order valence-corrected chi connectivity index (χ4v) is 2.87. The number of hydrogen-bond donors (Lipinski definition) is 1. The summed E-state index contributed by atoms with van der Waals surface area (Å²) in [6.45, 7) is 2.01. The Bertz CT molecular complexity index is 846. The molecule has 2 amide bonds. The molecule has 1 atom stereocenters. The van der Waals surface area contributed by atoms with Gasteiger partial charge < -0.3 is 14.8 Å². The summed E-state index contributed by atoms with van der Waals surface area (Å²) in [4.78, 5) is 37.9. The summed E-state index contributed by atoms with van der Waals surface area (Å²) in [5, 5.41) is 3.08. The Morgan fingerprint density at radius 3 is 2.37 bits per heavy atom. The number of ether oxygens (including phenoxy) is 2. The average molecular weight is 368 g/mol. The Morgan fingerprint density at radius 1 is 1.11 bits per heavy atom. The average Bonchev–Trinajstić information content (AvgIpc) is 2.96. The van der Waals surface area contributed by atoms with E-state index in [0.29, 0.717) is 17.0 Å². The lowest BCUT2D eigenvalue weighted by Gasteiger charge is -2.16. The van der Waals surface area contributed by atoms with Crippen molar-refractivity contribution >= 4 is 29.2 Å². The van der Waals surface area contributed by atoms with Crippen molar-refractivity contribution < 1.29 is 23.9 Å². The Kier molecular flexibility index (Phi) is 5.40. The van der Waals surface area contributed by atoms with Crippen LogP contribution >= 0.6 is 0 Å². The molecule has 1 aliphatic rings. The molecule has 1 heterocycles. The number of nitrogens with one attached hydrogen (secondary N) is 1. The van der Waals surface area contributed by atoms with E-state index in [0.717, 1.165) is 10.6 Å². The van der Waals surface area contributed by atoms with Crippen molar-refractivity contribution in [2.45, 2.75) is 19.4 Å². The minimum absolute atomic E-state index is 0.0600. The van der Waals surface area contributed by atoms with Crippen molar-refractivity contribution in [3.63, 3.8) is 0 Å². The maximum absolute atomic E-state index is 12.7. The standard InChI is InChI=1S/C20H20N2O5/c1-3-27-20(25)13-4-8-15(9-5-13)22-18(23)12-17(19(22)24)21-14-6-10-16(26-2)11-7-14/h4-11,17,21H,3,12H2,1-2H3/t17-/m0/s1. The van der Waals surface area contributed by atoms with Crippen LogP contribution in [0.1, 0.15) is 23.7 Å². The van der Waals surface area contributed by atoms with Gasteiger partial charge in [-0.1, -0.05) is 0 Å². The van der Waals surface area contributed by atoms with E-state index in [1.165, 1.54) is 12.1 Å². The summed E-state index contributed by atoms with van der Waals surface area (Å²) in [6, 6.07) is 12.7. The van der Waals surface area contributed by atoms with Gasteiger partial charge in [-0.05, 0) is 55.5 Å². The Morgan fingerprint density at radius 2 is 1.78 bits per heavy atom. The molecule has 0 saturated carbocycles. The van der Waals surface area contributed by atoms with Crippen molar-refractivity contribution in [1.29, 1.82) is 0 Å². The van der Waals surface area contributed by atoms with Crippen LogP contribution in [-0.2, 0) is 14.3 Å². The number of esters is 1. The quantitative estimate of drug-likeness (QED) is 0.623. The van der Waals surface area contributed by atoms with E-state index in [-0.39, 0.29) is 24.8 Å². The van der Waals surface area contributed by atoms with E-state index in [9.17, 15) is 14.4 Å². The van der Waals surface area contributed by atoms with Crippen molar-refractivity contribution in [2.75, 3.05) is 23.9 Å². The lowest BCUT2D eigenvalue weighted by Crippen LogP contribution is -2.34. The second kappa shape index (κ2) is 7.90. The summed E-state index contributed by atoms with van der Waals surface area (Å²) >= 11 is 0. The monoisotopic (exact) mass is 368 g/mol. The summed E-state index contributed by atoms with van der Waals surface area (Å²) in [6.07, 6.45) is 0.0600. The minimum atomic E-state index is -0.643. The topological polar surface area (TPSA) is 84.9 Å². The largest absolute Gasteiger partial charge is 0.497 e. The van der Waals surface area contributed by atoms with Crippen LogP contribution in [0.5, 0.6) is 5.75 Å². The van der Waals surface area contributed by atoms with Gasteiger partial charge in [0.15, 0.2) is 0 Å². The molecular formula is C20H20N2O5. The number of hydrogen-bond acceptors (Lipinski definition) is 6. The molecule has 1 saturated heterocycles. The predicted molar refractivity (Wildman–Crippen MR) is 99.9 cm³/mol. The molecule has 0 spiro atoms. The van der Waals surface area contributed by atoms with Gasteiger partial charge in [0, 0.05) is 5.69 Å². The molecule has 1 N–H and O–H groups in total. The van der Waals surface area contributed by atoms with E-state index < -0.39 is 12.0 Å². The summed E-state index contributed by atoms with van der Waals surface area (Å²) < 4.78 is 10.0. The second-order valence-electron chi connectivity index (χ2n) is 5.96.